The normalized spacial score (nSPS) is 16.8. The van der Waals surface area contributed by atoms with Crippen molar-refractivity contribution in [2.45, 2.75) is 57.9 Å². The van der Waals surface area contributed by atoms with Gasteiger partial charge in [0.25, 0.3) is 5.91 Å². The number of amides is 1. The van der Waals surface area contributed by atoms with Crippen LogP contribution in [0.5, 0.6) is 0 Å². The molecule has 0 radical (unpaired) electrons. The van der Waals surface area contributed by atoms with E-state index in [1.54, 1.807) is 0 Å². The molecule has 2 nitrogen and oxygen atoms in total. The van der Waals surface area contributed by atoms with E-state index in [4.69, 9.17) is 0 Å². The summed E-state index contributed by atoms with van der Waals surface area (Å²) in [6.07, 6.45) is 6.08. The quantitative estimate of drug-likeness (QED) is 0.860. The number of carbonyl (C=O) groups excluding carboxylic acids is 1. The summed E-state index contributed by atoms with van der Waals surface area (Å²) in [6.45, 7) is 4.30. The monoisotopic (exact) mass is 245 g/mol. The van der Waals surface area contributed by atoms with Crippen LogP contribution in [0.1, 0.15) is 67.8 Å². The molecule has 0 heterocycles. The Kier molecular flexibility index (Phi) is 4.40. The van der Waals surface area contributed by atoms with E-state index >= 15 is 0 Å². The summed E-state index contributed by atoms with van der Waals surface area (Å²) in [4.78, 5) is 12.2. The molecular weight excluding hydrogens is 222 g/mol. The van der Waals surface area contributed by atoms with Crippen molar-refractivity contribution in [1.82, 2.24) is 5.32 Å². The van der Waals surface area contributed by atoms with Gasteiger partial charge in [0.05, 0.1) is 0 Å². The zero-order valence-corrected chi connectivity index (χ0v) is 11.4. The Hall–Kier alpha value is -1.31. The zero-order valence-electron chi connectivity index (χ0n) is 11.4. The molecule has 1 saturated carbocycles. The highest BCUT2D eigenvalue weighted by Gasteiger charge is 2.16. The number of rotatable bonds is 3. The lowest BCUT2D eigenvalue weighted by Crippen LogP contribution is -2.36. The van der Waals surface area contributed by atoms with E-state index in [2.05, 4.69) is 25.2 Å². The van der Waals surface area contributed by atoms with Crippen LogP contribution < -0.4 is 5.32 Å². The second-order valence-corrected chi connectivity index (χ2v) is 5.59. The molecule has 0 atom stereocenters. The van der Waals surface area contributed by atoms with Crippen LogP contribution in [-0.4, -0.2) is 11.9 Å². The van der Waals surface area contributed by atoms with Gasteiger partial charge in [-0.2, -0.15) is 0 Å². The first-order chi connectivity index (χ1) is 8.66. The highest BCUT2D eigenvalue weighted by Crippen LogP contribution is 2.19. The molecule has 2 rings (SSSR count). The van der Waals surface area contributed by atoms with Gasteiger partial charge >= 0.3 is 0 Å². The summed E-state index contributed by atoms with van der Waals surface area (Å²) < 4.78 is 0. The Morgan fingerprint density at radius 3 is 2.61 bits per heavy atom. The van der Waals surface area contributed by atoms with Gasteiger partial charge in [0.1, 0.15) is 0 Å². The molecule has 1 aliphatic carbocycles. The molecule has 0 aromatic heterocycles. The van der Waals surface area contributed by atoms with Crippen molar-refractivity contribution in [1.29, 1.82) is 0 Å². The van der Waals surface area contributed by atoms with Crippen molar-refractivity contribution in [3.8, 4) is 0 Å². The number of nitrogens with one attached hydrogen (secondary N) is 1. The van der Waals surface area contributed by atoms with Crippen LogP contribution in [-0.2, 0) is 0 Å². The molecule has 0 bridgehead atoms. The lowest BCUT2D eigenvalue weighted by Gasteiger charge is -2.22. The Morgan fingerprint density at radius 1 is 1.22 bits per heavy atom. The predicted molar refractivity (Wildman–Crippen MR) is 74.9 cm³/mol. The first kappa shape index (κ1) is 13.1. The minimum Gasteiger partial charge on any atom is -0.349 e. The molecule has 0 saturated heterocycles. The van der Waals surface area contributed by atoms with Gasteiger partial charge in [-0.1, -0.05) is 45.2 Å². The van der Waals surface area contributed by atoms with Crippen molar-refractivity contribution in [2.75, 3.05) is 0 Å². The molecule has 2 heteroatoms. The number of benzene rings is 1. The molecule has 18 heavy (non-hydrogen) atoms. The molecule has 1 aromatic rings. The van der Waals surface area contributed by atoms with Gasteiger partial charge in [0.15, 0.2) is 0 Å². The molecule has 0 unspecified atom stereocenters. The lowest BCUT2D eigenvalue weighted by atomic mass is 9.95. The van der Waals surface area contributed by atoms with E-state index < -0.39 is 0 Å². The van der Waals surface area contributed by atoms with Crippen LogP contribution in [0.15, 0.2) is 24.3 Å². The third-order valence-corrected chi connectivity index (χ3v) is 3.76. The SMILES string of the molecule is CC(C)c1cccc(C(=O)NC2CCCCC2)c1. The predicted octanol–water partition coefficient (Wildman–Crippen LogP) is 3.87. The van der Waals surface area contributed by atoms with Gasteiger partial charge in [-0.15, -0.1) is 0 Å². The molecule has 1 aromatic carbocycles. The van der Waals surface area contributed by atoms with Gasteiger partial charge in [-0.3, -0.25) is 4.79 Å². The third-order valence-electron chi connectivity index (χ3n) is 3.76. The fourth-order valence-corrected chi connectivity index (χ4v) is 2.55. The Balaban J connectivity index is 2.01. The average molecular weight is 245 g/mol. The van der Waals surface area contributed by atoms with E-state index in [1.807, 2.05) is 18.2 Å². The summed E-state index contributed by atoms with van der Waals surface area (Å²) in [5.41, 5.74) is 2.03. The molecule has 98 valence electrons. The smallest absolute Gasteiger partial charge is 0.251 e. The first-order valence-electron chi connectivity index (χ1n) is 7.07. The van der Waals surface area contributed by atoms with Gasteiger partial charge in [0, 0.05) is 11.6 Å². The van der Waals surface area contributed by atoms with Gasteiger partial charge in [0.2, 0.25) is 0 Å². The van der Waals surface area contributed by atoms with Crippen molar-refractivity contribution >= 4 is 5.91 Å². The van der Waals surface area contributed by atoms with Crippen molar-refractivity contribution in [2.24, 2.45) is 0 Å². The van der Waals surface area contributed by atoms with Crippen LogP contribution in [0.2, 0.25) is 0 Å². The molecule has 1 amide bonds. The van der Waals surface area contributed by atoms with E-state index in [9.17, 15) is 4.79 Å². The van der Waals surface area contributed by atoms with Gasteiger partial charge in [-0.05, 0) is 36.5 Å². The number of carbonyl (C=O) groups is 1. The lowest BCUT2D eigenvalue weighted by molar-refractivity contribution is 0.0927. The summed E-state index contributed by atoms with van der Waals surface area (Å²) in [6, 6.07) is 8.37. The minimum absolute atomic E-state index is 0.0874. The molecular formula is C16H23NO. The Bertz CT molecular complexity index is 405. The second kappa shape index (κ2) is 6.03. The van der Waals surface area contributed by atoms with Gasteiger partial charge in [-0.25, -0.2) is 0 Å². The number of hydrogen-bond acceptors (Lipinski definition) is 1. The standard InChI is InChI=1S/C16H23NO/c1-12(2)13-7-6-8-14(11-13)16(18)17-15-9-4-3-5-10-15/h6-8,11-12,15H,3-5,9-10H2,1-2H3,(H,17,18). The minimum atomic E-state index is 0.0874. The van der Waals surface area contributed by atoms with Crippen molar-refractivity contribution in [3.63, 3.8) is 0 Å². The molecule has 0 spiro atoms. The highest BCUT2D eigenvalue weighted by molar-refractivity contribution is 5.94. The molecule has 1 aliphatic rings. The third kappa shape index (κ3) is 3.34. The van der Waals surface area contributed by atoms with Crippen LogP contribution in [0.3, 0.4) is 0 Å². The maximum Gasteiger partial charge on any atom is 0.251 e. The van der Waals surface area contributed by atoms with Crippen LogP contribution in [0.4, 0.5) is 0 Å². The first-order valence-corrected chi connectivity index (χ1v) is 7.07. The van der Waals surface area contributed by atoms with Crippen LogP contribution >= 0.6 is 0 Å². The average Bonchev–Trinajstić information content (AvgIpc) is 2.40. The molecule has 1 N–H and O–H groups in total. The Morgan fingerprint density at radius 2 is 1.94 bits per heavy atom. The number of hydrogen-bond donors (Lipinski definition) is 1. The summed E-state index contributed by atoms with van der Waals surface area (Å²) in [7, 11) is 0. The fraction of sp³-hybridized carbons (Fsp3) is 0.562. The fourth-order valence-electron chi connectivity index (χ4n) is 2.55. The van der Waals surface area contributed by atoms with E-state index in [-0.39, 0.29) is 5.91 Å². The maximum absolute atomic E-state index is 12.2. The second-order valence-electron chi connectivity index (χ2n) is 5.59. The van der Waals surface area contributed by atoms with Crippen LogP contribution in [0.25, 0.3) is 0 Å². The van der Waals surface area contributed by atoms with E-state index in [0.717, 1.165) is 18.4 Å². The van der Waals surface area contributed by atoms with Crippen molar-refractivity contribution in [3.05, 3.63) is 35.4 Å². The zero-order chi connectivity index (χ0) is 13.0. The summed E-state index contributed by atoms with van der Waals surface area (Å²) in [5, 5.41) is 3.16. The molecule has 0 aliphatic heterocycles. The van der Waals surface area contributed by atoms with Crippen LogP contribution in [0, 0.1) is 0 Å². The summed E-state index contributed by atoms with van der Waals surface area (Å²) >= 11 is 0. The molecule has 1 fully saturated rings. The highest BCUT2D eigenvalue weighted by atomic mass is 16.1. The van der Waals surface area contributed by atoms with E-state index in [1.165, 1.54) is 24.8 Å². The van der Waals surface area contributed by atoms with Crippen molar-refractivity contribution < 1.29 is 4.79 Å². The van der Waals surface area contributed by atoms with E-state index in [0.29, 0.717) is 12.0 Å². The maximum atomic E-state index is 12.2. The largest absolute Gasteiger partial charge is 0.349 e. The Labute approximate surface area is 110 Å². The van der Waals surface area contributed by atoms with Gasteiger partial charge < -0.3 is 5.32 Å². The summed E-state index contributed by atoms with van der Waals surface area (Å²) in [5.74, 6) is 0.553. The topological polar surface area (TPSA) is 29.1 Å².